The van der Waals surface area contributed by atoms with E-state index in [-0.39, 0.29) is 17.8 Å². The second-order valence-corrected chi connectivity index (χ2v) is 7.27. The molecular weight excluding hydrogens is 357 g/mol. The van der Waals surface area contributed by atoms with Gasteiger partial charge in [0.25, 0.3) is 5.91 Å². The van der Waals surface area contributed by atoms with Gasteiger partial charge in [-0.15, -0.1) is 11.3 Å². The van der Waals surface area contributed by atoms with Crippen LogP contribution in [0.4, 0.5) is 4.39 Å². The van der Waals surface area contributed by atoms with Crippen LogP contribution in [-0.4, -0.2) is 40.5 Å². The van der Waals surface area contributed by atoms with Crippen LogP contribution in [0.1, 0.15) is 34.4 Å². The highest BCUT2D eigenvalue weighted by molar-refractivity contribution is 7.12. The molecule has 0 spiro atoms. The second-order valence-electron chi connectivity index (χ2n) is 6.40. The molecule has 3 aromatic rings. The lowest BCUT2D eigenvalue weighted by molar-refractivity contribution is 0.0727. The Balaban J connectivity index is 1.48. The van der Waals surface area contributed by atoms with E-state index in [2.05, 4.69) is 9.97 Å². The van der Waals surface area contributed by atoms with E-state index in [9.17, 15) is 9.18 Å². The molecule has 2 aromatic heterocycles. The monoisotopic (exact) mass is 373 g/mol. The molecule has 1 N–H and O–H groups in total. The van der Waals surface area contributed by atoms with Gasteiger partial charge in [0.1, 0.15) is 29.7 Å². The highest BCUT2D eigenvalue weighted by Gasteiger charge is 2.36. The number of hydrogen-bond acceptors (Lipinski definition) is 5. The first-order chi connectivity index (χ1) is 12.7. The summed E-state index contributed by atoms with van der Waals surface area (Å²) < 4.78 is 24.6. The Morgan fingerprint density at radius 1 is 1.35 bits per heavy atom. The highest BCUT2D eigenvalue weighted by Crippen LogP contribution is 2.42. The van der Waals surface area contributed by atoms with Gasteiger partial charge >= 0.3 is 0 Å². The van der Waals surface area contributed by atoms with Gasteiger partial charge in [0.05, 0.1) is 17.1 Å². The lowest BCUT2D eigenvalue weighted by Gasteiger charge is -2.23. The maximum absolute atomic E-state index is 13.4. The Morgan fingerprint density at radius 2 is 2.23 bits per heavy atom. The van der Waals surface area contributed by atoms with Gasteiger partial charge in [0.15, 0.2) is 11.5 Å². The number of likely N-dealkylation sites (tertiary alicyclic amines) is 1. The van der Waals surface area contributed by atoms with Crippen molar-refractivity contribution in [1.29, 1.82) is 0 Å². The molecule has 1 fully saturated rings. The molecule has 2 aliphatic heterocycles. The number of thiophene rings is 1. The number of hydrogen-bond donors (Lipinski definition) is 1. The van der Waals surface area contributed by atoms with Crippen LogP contribution in [0.2, 0.25) is 0 Å². The molecule has 0 bridgehead atoms. The normalized spacial score (nSPS) is 19.3. The number of imidazole rings is 1. The van der Waals surface area contributed by atoms with Crippen LogP contribution < -0.4 is 9.47 Å². The van der Waals surface area contributed by atoms with Crippen molar-refractivity contribution in [3.63, 3.8) is 0 Å². The number of carbonyl (C=O) groups is 1. The third kappa shape index (κ3) is 2.44. The summed E-state index contributed by atoms with van der Waals surface area (Å²) in [6, 6.07) is 4.31. The summed E-state index contributed by atoms with van der Waals surface area (Å²) >= 11 is 1.34. The standard InChI is InChI=1S/C18H16FN3O3S/c19-10-3-4-11-12(8-10)21-17(20-11)13-2-1-5-22(13)18(23)16-15-14(9-26-16)24-6-7-25-15/h3-4,8-9,13H,1-2,5-7H2,(H,20,21)/t13-/m0/s1. The molecule has 0 radical (unpaired) electrons. The molecular formula is C18H16FN3O3S. The van der Waals surface area contributed by atoms with E-state index in [1.54, 1.807) is 6.07 Å². The van der Waals surface area contributed by atoms with Crippen molar-refractivity contribution in [2.75, 3.05) is 19.8 Å². The number of benzene rings is 1. The maximum atomic E-state index is 13.4. The van der Waals surface area contributed by atoms with Gasteiger partial charge in [0, 0.05) is 11.9 Å². The SMILES string of the molecule is O=C(c1scc2c1OCCO2)N1CCC[C@H]1c1nc2ccc(F)cc2[nH]1. The van der Waals surface area contributed by atoms with Crippen molar-refractivity contribution in [1.82, 2.24) is 14.9 Å². The fourth-order valence-corrected chi connectivity index (χ4v) is 4.48. The van der Waals surface area contributed by atoms with Gasteiger partial charge in [-0.25, -0.2) is 9.37 Å². The number of aromatic nitrogens is 2. The fourth-order valence-electron chi connectivity index (χ4n) is 3.59. The van der Waals surface area contributed by atoms with Crippen LogP contribution in [-0.2, 0) is 0 Å². The third-order valence-corrected chi connectivity index (χ3v) is 5.71. The molecule has 1 amide bonds. The first-order valence-corrected chi connectivity index (χ1v) is 9.42. The van der Waals surface area contributed by atoms with E-state index in [1.807, 2.05) is 10.3 Å². The predicted molar refractivity (Wildman–Crippen MR) is 94.4 cm³/mol. The molecule has 134 valence electrons. The number of halogens is 1. The lowest BCUT2D eigenvalue weighted by atomic mass is 10.2. The Labute approximate surface area is 152 Å². The zero-order valence-electron chi connectivity index (χ0n) is 13.8. The van der Waals surface area contributed by atoms with Crippen molar-refractivity contribution < 1.29 is 18.7 Å². The smallest absolute Gasteiger partial charge is 0.268 e. The molecule has 1 aromatic carbocycles. The van der Waals surface area contributed by atoms with Crippen LogP contribution in [0.5, 0.6) is 11.5 Å². The molecule has 1 saturated heterocycles. The average molecular weight is 373 g/mol. The van der Waals surface area contributed by atoms with Gasteiger partial charge in [0.2, 0.25) is 0 Å². The lowest BCUT2D eigenvalue weighted by Crippen LogP contribution is -2.31. The Kier molecular flexibility index (Phi) is 3.59. The third-order valence-electron chi connectivity index (χ3n) is 4.79. The summed E-state index contributed by atoms with van der Waals surface area (Å²) in [6.45, 7) is 1.60. The number of fused-ring (bicyclic) bond motifs is 2. The quantitative estimate of drug-likeness (QED) is 0.746. The topological polar surface area (TPSA) is 67.5 Å². The summed E-state index contributed by atoms with van der Waals surface area (Å²) in [7, 11) is 0. The highest BCUT2D eigenvalue weighted by atomic mass is 32.1. The number of nitrogens with one attached hydrogen (secondary N) is 1. The van der Waals surface area contributed by atoms with Crippen LogP contribution >= 0.6 is 11.3 Å². The summed E-state index contributed by atoms with van der Waals surface area (Å²) in [5.74, 6) is 1.49. The molecule has 0 unspecified atom stereocenters. The second kappa shape index (κ2) is 5.98. The van der Waals surface area contributed by atoms with Crippen molar-refractivity contribution in [3.8, 4) is 11.5 Å². The molecule has 0 saturated carbocycles. The van der Waals surface area contributed by atoms with Gasteiger partial charge in [-0.2, -0.15) is 0 Å². The molecule has 1 atom stereocenters. The van der Waals surface area contributed by atoms with Crippen LogP contribution in [0.25, 0.3) is 11.0 Å². The van der Waals surface area contributed by atoms with Crippen LogP contribution in [0, 0.1) is 5.82 Å². The first-order valence-electron chi connectivity index (χ1n) is 8.54. The number of aromatic amines is 1. The first kappa shape index (κ1) is 15.6. The number of nitrogens with zero attached hydrogens (tertiary/aromatic N) is 2. The zero-order chi connectivity index (χ0) is 17.7. The summed E-state index contributed by atoms with van der Waals surface area (Å²) in [5, 5.41) is 1.82. The van der Waals surface area contributed by atoms with E-state index < -0.39 is 0 Å². The van der Waals surface area contributed by atoms with Crippen molar-refractivity contribution in [2.45, 2.75) is 18.9 Å². The minimum atomic E-state index is -0.311. The van der Waals surface area contributed by atoms with Gasteiger partial charge in [-0.1, -0.05) is 0 Å². The largest absolute Gasteiger partial charge is 0.485 e. The fraction of sp³-hybridized carbons (Fsp3) is 0.333. The van der Waals surface area contributed by atoms with Crippen molar-refractivity contribution >= 4 is 28.3 Å². The van der Waals surface area contributed by atoms with Gasteiger partial charge in [-0.3, -0.25) is 4.79 Å². The molecule has 8 heteroatoms. The molecule has 4 heterocycles. The summed E-state index contributed by atoms with van der Waals surface area (Å²) in [6.07, 6.45) is 1.71. The molecule has 6 nitrogen and oxygen atoms in total. The van der Waals surface area contributed by atoms with Crippen molar-refractivity contribution in [3.05, 3.63) is 40.1 Å². The zero-order valence-corrected chi connectivity index (χ0v) is 14.6. The van der Waals surface area contributed by atoms with Crippen LogP contribution in [0.15, 0.2) is 23.6 Å². The number of H-pyrrole nitrogens is 1. The number of ether oxygens (including phenoxy) is 2. The number of carbonyl (C=O) groups excluding carboxylic acids is 1. The molecule has 5 rings (SSSR count). The average Bonchev–Trinajstić information content (AvgIpc) is 3.37. The van der Waals surface area contributed by atoms with Gasteiger partial charge < -0.3 is 19.4 Å². The Bertz CT molecular complexity index is 999. The van der Waals surface area contributed by atoms with Gasteiger partial charge in [-0.05, 0) is 31.0 Å². The minimum absolute atomic E-state index is 0.0733. The van der Waals surface area contributed by atoms with E-state index in [0.717, 1.165) is 12.8 Å². The predicted octanol–water partition coefficient (Wildman–Crippen LogP) is 3.51. The van der Waals surface area contributed by atoms with E-state index >= 15 is 0 Å². The Hall–Kier alpha value is -2.61. The van der Waals surface area contributed by atoms with Crippen LogP contribution in [0.3, 0.4) is 0 Å². The minimum Gasteiger partial charge on any atom is -0.485 e. The molecule has 2 aliphatic rings. The summed E-state index contributed by atoms with van der Waals surface area (Å²) in [5.41, 5.74) is 1.34. The van der Waals surface area contributed by atoms with E-state index in [0.29, 0.717) is 53.0 Å². The Morgan fingerprint density at radius 3 is 3.15 bits per heavy atom. The molecule has 26 heavy (non-hydrogen) atoms. The molecule has 0 aliphatic carbocycles. The number of amides is 1. The number of rotatable bonds is 2. The summed E-state index contributed by atoms with van der Waals surface area (Å²) in [4.78, 5) is 23.3. The maximum Gasteiger partial charge on any atom is 0.268 e. The van der Waals surface area contributed by atoms with E-state index in [4.69, 9.17) is 9.47 Å². The van der Waals surface area contributed by atoms with E-state index in [1.165, 1.54) is 23.5 Å². The van der Waals surface area contributed by atoms with Crippen molar-refractivity contribution in [2.24, 2.45) is 0 Å².